The maximum absolute atomic E-state index is 11.7. The minimum atomic E-state index is -1.31. The van der Waals surface area contributed by atoms with Gasteiger partial charge in [-0.2, -0.15) is 0 Å². The van der Waals surface area contributed by atoms with Crippen molar-refractivity contribution in [3.05, 3.63) is 53.9 Å². The molecule has 120 valence electrons. The predicted molar refractivity (Wildman–Crippen MR) is 80.0 cm³/mol. The topological polar surface area (TPSA) is 138 Å². The maximum Gasteiger partial charge on any atom is 0.335 e. The van der Waals surface area contributed by atoms with Crippen LogP contribution in [0.3, 0.4) is 0 Å². The Kier molecular flexibility index (Phi) is 3.70. The van der Waals surface area contributed by atoms with Crippen molar-refractivity contribution in [3.8, 4) is 5.75 Å². The van der Waals surface area contributed by atoms with Gasteiger partial charge in [-0.15, -0.1) is 0 Å². The zero-order chi connectivity index (χ0) is 17.3. The number of carbonyl (C=O) groups excluding carboxylic acids is 1. The summed E-state index contributed by atoms with van der Waals surface area (Å²) in [6, 6.07) is 8.02. The molecule has 3 aromatic rings. The van der Waals surface area contributed by atoms with Crippen LogP contribution in [-0.2, 0) is 0 Å². The predicted octanol–water partition coefficient (Wildman–Crippen LogP) is 0.509. The van der Waals surface area contributed by atoms with E-state index in [2.05, 4.69) is 15.3 Å². The summed E-state index contributed by atoms with van der Waals surface area (Å²) in [6.45, 7) is 0. The van der Waals surface area contributed by atoms with Crippen LogP contribution in [0.15, 0.2) is 42.7 Å². The summed E-state index contributed by atoms with van der Waals surface area (Å²) < 4.78 is 0. The highest BCUT2D eigenvalue weighted by Gasteiger charge is 2.08. The molecule has 0 aliphatic carbocycles. The van der Waals surface area contributed by atoms with Crippen molar-refractivity contribution in [1.29, 1.82) is 0 Å². The highest BCUT2D eigenvalue weighted by Crippen LogP contribution is 2.26. The first-order valence-electron chi connectivity index (χ1n) is 6.73. The fourth-order valence-electron chi connectivity index (χ4n) is 2.20. The van der Waals surface area contributed by atoms with E-state index in [-0.39, 0.29) is 11.1 Å². The number of carboxylic acid groups (broad SMARTS) is 2. The third-order valence-electron chi connectivity index (χ3n) is 3.35. The summed E-state index contributed by atoms with van der Waals surface area (Å²) in [5.74, 6) is -2.89. The molecule has 8 nitrogen and oxygen atoms in total. The van der Waals surface area contributed by atoms with Gasteiger partial charge in [0.25, 0.3) is 0 Å². The van der Waals surface area contributed by atoms with Crippen LogP contribution in [-0.4, -0.2) is 27.0 Å². The molecule has 0 saturated heterocycles. The van der Waals surface area contributed by atoms with E-state index >= 15 is 0 Å². The smallest absolute Gasteiger partial charge is 0.335 e. The number of fused-ring (bicyclic) bond motifs is 1. The molecule has 0 atom stereocenters. The Balaban J connectivity index is 2.00. The number of carbonyl (C=O) groups is 2. The number of aromatic carboxylic acids is 2. The van der Waals surface area contributed by atoms with Gasteiger partial charge in [-0.25, -0.2) is 14.8 Å². The van der Waals surface area contributed by atoms with E-state index in [0.717, 1.165) is 6.07 Å². The molecule has 0 aliphatic heterocycles. The summed E-state index contributed by atoms with van der Waals surface area (Å²) in [4.78, 5) is 29.8. The lowest BCUT2D eigenvalue weighted by Gasteiger charge is -2.14. The SMILES string of the molecule is O=C([O-])c1ccc2c(Nc3ccc(C(=O)O)c([O-])c3)ncnc2c1. The molecule has 0 spiro atoms. The molecule has 2 aromatic carbocycles. The van der Waals surface area contributed by atoms with E-state index in [0.29, 0.717) is 22.4 Å². The van der Waals surface area contributed by atoms with Gasteiger partial charge in [0.05, 0.1) is 17.0 Å². The van der Waals surface area contributed by atoms with Crippen molar-refractivity contribution < 1.29 is 24.9 Å². The number of rotatable bonds is 4. The van der Waals surface area contributed by atoms with Crippen LogP contribution < -0.4 is 15.5 Å². The lowest BCUT2D eigenvalue weighted by molar-refractivity contribution is -0.268. The standard InChI is InChI=1S/C16H11N3O5/c20-13-6-9(2-4-11(13)16(23)24)19-14-10-3-1-8(15(21)22)5-12(10)17-7-18-14/h1-7,20H,(H,21,22)(H,23,24)(H,17,18,19)/p-2. The fourth-order valence-corrected chi connectivity index (χ4v) is 2.20. The molecule has 0 amide bonds. The molecule has 0 bridgehead atoms. The molecule has 3 rings (SSSR count). The molecule has 0 aliphatic rings. The van der Waals surface area contributed by atoms with Gasteiger partial charge in [0.2, 0.25) is 0 Å². The molecule has 0 unspecified atom stereocenters. The Morgan fingerprint density at radius 3 is 2.54 bits per heavy atom. The molecule has 0 radical (unpaired) electrons. The van der Waals surface area contributed by atoms with Crippen molar-refractivity contribution in [1.82, 2.24) is 9.97 Å². The van der Waals surface area contributed by atoms with Crippen LogP contribution in [0.2, 0.25) is 0 Å². The molecular weight excluding hydrogens is 314 g/mol. The molecule has 1 aromatic heterocycles. The maximum atomic E-state index is 11.7. The van der Waals surface area contributed by atoms with Crippen molar-refractivity contribution in [2.45, 2.75) is 0 Å². The Hall–Kier alpha value is -3.68. The Morgan fingerprint density at radius 2 is 1.88 bits per heavy atom. The average Bonchev–Trinajstić information content (AvgIpc) is 2.54. The van der Waals surface area contributed by atoms with Crippen LogP contribution in [0.5, 0.6) is 5.75 Å². The van der Waals surface area contributed by atoms with Gasteiger partial charge in [0.1, 0.15) is 12.1 Å². The Bertz CT molecular complexity index is 971. The molecule has 24 heavy (non-hydrogen) atoms. The number of hydrogen-bond acceptors (Lipinski definition) is 7. The highest BCUT2D eigenvalue weighted by molar-refractivity contribution is 5.96. The zero-order valence-electron chi connectivity index (χ0n) is 12.0. The first-order chi connectivity index (χ1) is 11.5. The second-order valence-electron chi connectivity index (χ2n) is 4.88. The number of nitrogens with one attached hydrogen (secondary N) is 1. The first kappa shape index (κ1) is 15.2. The summed E-state index contributed by atoms with van der Waals surface area (Å²) in [6.07, 6.45) is 1.24. The van der Waals surface area contributed by atoms with Gasteiger partial charge >= 0.3 is 5.97 Å². The third-order valence-corrected chi connectivity index (χ3v) is 3.35. The van der Waals surface area contributed by atoms with Crippen molar-refractivity contribution in [2.24, 2.45) is 0 Å². The number of nitrogens with zero attached hydrogens (tertiary/aromatic N) is 2. The molecule has 2 N–H and O–H groups in total. The van der Waals surface area contributed by atoms with Gasteiger partial charge in [0, 0.05) is 11.1 Å². The minimum Gasteiger partial charge on any atom is -0.872 e. The molecular formula is C16H9N3O5-2. The quantitative estimate of drug-likeness (QED) is 0.708. The van der Waals surface area contributed by atoms with E-state index in [4.69, 9.17) is 5.11 Å². The average molecular weight is 323 g/mol. The number of hydrogen-bond donors (Lipinski definition) is 2. The zero-order valence-corrected chi connectivity index (χ0v) is 12.0. The molecule has 0 fully saturated rings. The molecule has 0 saturated carbocycles. The highest BCUT2D eigenvalue weighted by atomic mass is 16.4. The van der Waals surface area contributed by atoms with Crippen molar-refractivity contribution in [2.75, 3.05) is 5.32 Å². The fraction of sp³-hybridized carbons (Fsp3) is 0. The lowest BCUT2D eigenvalue weighted by atomic mass is 10.1. The second-order valence-corrected chi connectivity index (χ2v) is 4.88. The summed E-state index contributed by atoms with van der Waals surface area (Å²) in [5.41, 5.74) is 0.402. The first-order valence-corrected chi connectivity index (χ1v) is 6.73. The Morgan fingerprint density at radius 1 is 1.08 bits per heavy atom. The van der Waals surface area contributed by atoms with Gasteiger partial charge < -0.3 is 25.4 Å². The van der Waals surface area contributed by atoms with Crippen LogP contribution in [0.1, 0.15) is 20.7 Å². The number of anilines is 2. The van der Waals surface area contributed by atoms with Crippen LogP contribution in [0.4, 0.5) is 11.5 Å². The minimum absolute atomic E-state index is 0.0141. The summed E-state index contributed by atoms with van der Waals surface area (Å²) in [5, 5.41) is 34.9. The largest absolute Gasteiger partial charge is 0.872 e. The van der Waals surface area contributed by atoms with Crippen molar-refractivity contribution >= 4 is 34.3 Å². The van der Waals surface area contributed by atoms with Crippen LogP contribution in [0.25, 0.3) is 10.9 Å². The van der Waals surface area contributed by atoms with Gasteiger partial charge in [-0.1, -0.05) is 11.8 Å². The van der Waals surface area contributed by atoms with E-state index < -0.39 is 17.7 Å². The number of benzene rings is 2. The van der Waals surface area contributed by atoms with Crippen LogP contribution in [0, 0.1) is 0 Å². The van der Waals surface area contributed by atoms with Gasteiger partial charge in [0.15, 0.2) is 0 Å². The van der Waals surface area contributed by atoms with Crippen LogP contribution >= 0.6 is 0 Å². The summed E-state index contributed by atoms with van der Waals surface area (Å²) in [7, 11) is 0. The number of carboxylic acids is 2. The monoisotopic (exact) mass is 323 g/mol. The van der Waals surface area contributed by atoms with E-state index in [1.165, 1.54) is 36.7 Å². The molecule has 8 heteroatoms. The second kappa shape index (κ2) is 5.84. The lowest BCUT2D eigenvalue weighted by Crippen LogP contribution is -2.22. The number of aromatic nitrogens is 2. The summed E-state index contributed by atoms with van der Waals surface area (Å²) >= 11 is 0. The molecule has 1 heterocycles. The van der Waals surface area contributed by atoms with Crippen molar-refractivity contribution in [3.63, 3.8) is 0 Å². The third kappa shape index (κ3) is 2.80. The van der Waals surface area contributed by atoms with Gasteiger partial charge in [-0.3, -0.25) is 0 Å². The van der Waals surface area contributed by atoms with E-state index in [1.54, 1.807) is 0 Å². The van der Waals surface area contributed by atoms with Gasteiger partial charge in [-0.05, 0) is 35.9 Å². The van der Waals surface area contributed by atoms with E-state index in [9.17, 15) is 19.8 Å². The normalized spacial score (nSPS) is 10.5. The Labute approximate surface area is 135 Å². The van der Waals surface area contributed by atoms with E-state index in [1.807, 2.05) is 0 Å².